The van der Waals surface area contributed by atoms with Gasteiger partial charge in [-0.2, -0.15) is 0 Å². The van der Waals surface area contributed by atoms with Gasteiger partial charge in [-0.15, -0.1) is 5.92 Å². The fraction of sp³-hybridized carbons (Fsp3) is 0.706. The second-order valence-corrected chi connectivity index (χ2v) is 31.2. The fourth-order valence-corrected chi connectivity index (χ4v) is 23.4. The number of aromatic hydroxyl groups is 1. The number of phenolic OH excluding ortho intramolecular Hbond substituents is 1. The van der Waals surface area contributed by atoms with Gasteiger partial charge in [-0.1, -0.05) is 71.1 Å². The Bertz CT molecular complexity index is 3030. The molecule has 17 nitrogen and oxygen atoms in total. The number of ketones is 2. The number of aliphatic hydroxyl groups is 7. The summed E-state index contributed by atoms with van der Waals surface area (Å²) in [6.45, 7) is 3.19. The Morgan fingerprint density at radius 2 is 1.67 bits per heavy atom. The van der Waals surface area contributed by atoms with Crippen LogP contribution in [-0.2, 0) is 19.1 Å². The third-order valence-corrected chi connectivity index (χ3v) is 27.0. The molecule has 1 aromatic heterocycles. The molecule has 2 bridgehead atoms. The fourth-order valence-electron chi connectivity index (χ4n) is 20.7. The lowest BCUT2D eigenvalue weighted by atomic mass is 9.40. The van der Waals surface area contributed by atoms with Gasteiger partial charge in [-0.3, -0.25) is 19.4 Å². The molecule has 8 aliphatic carbocycles. The monoisotopic (exact) mass is 1240 g/mol. The summed E-state index contributed by atoms with van der Waals surface area (Å²) >= 11 is 0. The highest BCUT2D eigenvalue weighted by Crippen LogP contribution is 2.75. The number of hydrogen-bond acceptors (Lipinski definition) is 16. The third-order valence-electron chi connectivity index (χ3n) is 24.5. The summed E-state index contributed by atoms with van der Waals surface area (Å²) in [5.41, 5.74) is 9.32. The minimum atomic E-state index is -2.01. The molecule has 87 heavy (non-hydrogen) atoms. The lowest BCUT2D eigenvalue weighted by Gasteiger charge is -2.66. The van der Waals surface area contributed by atoms with E-state index in [1.165, 1.54) is 27.2 Å². The molecule has 10 aliphatic rings. The van der Waals surface area contributed by atoms with Gasteiger partial charge in [-0.05, 0) is 178 Å². The number of benzene rings is 1. The number of allylic oxidation sites excluding steroid dienone is 3. The number of aliphatic hydroxyl groups excluding tert-OH is 5. The Morgan fingerprint density at radius 1 is 0.897 bits per heavy atom. The van der Waals surface area contributed by atoms with Crippen LogP contribution in [0.15, 0.2) is 70.6 Å². The number of carbonyl (C=O) groups is 3. The van der Waals surface area contributed by atoms with E-state index in [0.29, 0.717) is 42.3 Å². The molecule has 19 heteroatoms. The molecule has 0 spiro atoms. The number of guanidine groups is 1. The van der Waals surface area contributed by atoms with E-state index < -0.39 is 94.4 Å². The molecule has 1 aromatic carbocycles. The van der Waals surface area contributed by atoms with E-state index in [1.807, 2.05) is 18.5 Å². The number of esters is 1. The van der Waals surface area contributed by atoms with Gasteiger partial charge in [0.2, 0.25) is 0 Å². The van der Waals surface area contributed by atoms with E-state index in [-0.39, 0.29) is 141 Å². The maximum absolute atomic E-state index is 16.7. The number of nitrogens with two attached hydrogens (primary N) is 2. The molecule has 474 valence electrons. The average molecular weight is 1240 g/mol. The van der Waals surface area contributed by atoms with Gasteiger partial charge in [0.25, 0.3) is 0 Å². The molecule has 2 aromatic rings. The molecule has 3 heterocycles. The minimum Gasteiger partial charge on any atom is -0.508 e. The largest absolute Gasteiger partial charge is 0.508 e. The average Bonchev–Trinajstić information content (AvgIpc) is 1.64. The molecule has 14 N–H and O–H groups in total. The predicted molar refractivity (Wildman–Crippen MR) is 333 cm³/mol. The van der Waals surface area contributed by atoms with Crippen molar-refractivity contribution in [3.8, 4) is 17.6 Å². The number of hydrogen-bond donors (Lipinski definition) is 12. The number of Topliss-reactive ketones (excluding diaryl/α,β-unsaturated/α-hetero) is 2. The number of nitrogens with one attached hydrogen (secondary N) is 2. The van der Waals surface area contributed by atoms with Crippen LogP contribution in [0.2, 0.25) is 0 Å². The molecular formula is C68H93N5O12S2. The van der Waals surface area contributed by atoms with Crippen LogP contribution in [0, 0.1) is 99.6 Å². The van der Waals surface area contributed by atoms with Gasteiger partial charge < -0.3 is 67.4 Å². The number of cyclic esters (lactones) is 1. The summed E-state index contributed by atoms with van der Waals surface area (Å²) in [5.74, 6) is 1.69. The van der Waals surface area contributed by atoms with Crippen LogP contribution < -0.4 is 16.8 Å². The zero-order valence-electron chi connectivity index (χ0n) is 50.5. The summed E-state index contributed by atoms with van der Waals surface area (Å²) in [7, 11) is 3.03. The highest BCUT2D eigenvalue weighted by molar-refractivity contribution is 8.76. The van der Waals surface area contributed by atoms with Crippen LogP contribution in [0.3, 0.4) is 0 Å². The van der Waals surface area contributed by atoms with Crippen molar-refractivity contribution < 1.29 is 60.0 Å². The van der Waals surface area contributed by atoms with Gasteiger partial charge in [0, 0.05) is 90.8 Å². The van der Waals surface area contributed by atoms with E-state index in [4.69, 9.17) is 16.2 Å². The first-order chi connectivity index (χ1) is 41.8. The zero-order valence-corrected chi connectivity index (χ0v) is 52.1. The molecule has 5 saturated carbocycles. The van der Waals surface area contributed by atoms with Crippen molar-refractivity contribution in [3.05, 3.63) is 76.8 Å². The molecule has 12 rings (SSSR count). The number of aromatic nitrogens is 1. The van der Waals surface area contributed by atoms with Gasteiger partial charge in [0.1, 0.15) is 11.8 Å². The van der Waals surface area contributed by atoms with Crippen molar-refractivity contribution in [2.45, 2.75) is 170 Å². The molecule has 22 unspecified atom stereocenters. The highest BCUT2D eigenvalue weighted by Gasteiger charge is 2.76. The minimum absolute atomic E-state index is 0.00482. The molecule has 2 saturated heterocycles. The van der Waals surface area contributed by atoms with Gasteiger partial charge in [0.15, 0.2) is 17.5 Å². The smallest absolute Gasteiger partial charge is 0.313 e. The number of carbonyl (C=O) groups excluding carboxylic acids is 3. The zero-order chi connectivity index (χ0) is 61.3. The summed E-state index contributed by atoms with van der Waals surface area (Å²) in [5, 5.41) is 104. The Labute approximate surface area is 519 Å². The Morgan fingerprint density at radius 3 is 2.39 bits per heavy atom. The van der Waals surface area contributed by atoms with Gasteiger partial charge in [0.05, 0.1) is 54.3 Å². The summed E-state index contributed by atoms with van der Waals surface area (Å²) < 4.78 is 5.97. The van der Waals surface area contributed by atoms with Crippen LogP contribution in [-0.4, -0.2) is 143 Å². The Balaban J connectivity index is 1.05. The Kier molecular flexibility index (Phi) is 18.1. The standard InChI is InChI=1S/C68H93N5O12S2/c1-36-10-11-38-14-17-46-42(31-74)27-55(79)65(2,83)62-40(7-5-6-39(25-48(46)47(38)24-36)49-33-85-63(82)56(49)41-19-22-71-30-41)28-68(84)58-51(18-20-66(62,68)21-23-72-64(69)70)67(44-8-3-4-9-44)29-54(78)60(80)50-35-87-86-34-43(37-12-15-45(76)16-13-37)26-53(77)52(32-75)73-59(58)61(81)57(50)67/h12-16,19,22,30,36,39-40,42-44,46-52,54-57,60,62,71,73-76,78-80,83-84H,3-4,7-11,17-18,20-21,23-29,31-35H2,1-2H3,(H4,69,70,72). The number of aliphatic imine (C=N–C) groups is 1. The number of H-pyrrole nitrogens is 1. The van der Waals surface area contributed by atoms with Crippen LogP contribution in [0.4, 0.5) is 0 Å². The van der Waals surface area contributed by atoms with E-state index in [9.17, 15) is 40.5 Å². The van der Waals surface area contributed by atoms with Crippen molar-refractivity contribution in [1.82, 2.24) is 10.3 Å². The predicted octanol–water partition coefficient (Wildman–Crippen LogP) is 6.39. The first-order valence-corrected chi connectivity index (χ1v) is 35.1. The molecule has 2 aliphatic heterocycles. The maximum atomic E-state index is 16.7. The Hall–Kier alpha value is -4.36. The van der Waals surface area contributed by atoms with Crippen LogP contribution in [0.5, 0.6) is 5.75 Å². The van der Waals surface area contributed by atoms with E-state index in [1.54, 1.807) is 31.2 Å². The van der Waals surface area contributed by atoms with Gasteiger partial charge >= 0.3 is 5.97 Å². The quantitative estimate of drug-likeness (QED) is 0.0323. The number of fused-ring (bicyclic) bond motifs is 10. The molecular weight excluding hydrogens is 1140 g/mol. The van der Waals surface area contributed by atoms with Crippen LogP contribution in [0.25, 0.3) is 0 Å². The number of aromatic amines is 1. The normalized spacial score (nSPS) is 43.5. The van der Waals surface area contributed by atoms with E-state index >= 15 is 14.7 Å². The number of phenols is 1. The summed E-state index contributed by atoms with van der Waals surface area (Å²) in [6, 6.07) is 7.31. The number of rotatable bonds is 9. The van der Waals surface area contributed by atoms with Gasteiger partial charge in [-0.25, -0.2) is 0 Å². The van der Waals surface area contributed by atoms with Crippen molar-refractivity contribution in [1.29, 1.82) is 0 Å². The van der Waals surface area contributed by atoms with E-state index in [2.05, 4.69) is 40.1 Å². The second-order valence-electron chi connectivity index (χ2n) is 28.7. The molecule has 22 atom stereocenters. The summed E-state index contributed by atoms with van der Waals surface area (Å²) in [4.78, 5) is 53.4. The lowest BCUT2D eigenvalue weighted by molar-refractivity contribution is -0.203. The first kappa shape index (κ1) is 62.8. The SMILES string of the molecule is CC1CCC2=CCC3C(CO)CC(O)C(C)(O)C4C(CC#CC(C5COC(=O)C5c5cc[nH]c5)CC3C2C1)CC1(O)C2=C3NC(CO)C(=O)CC(c5ccc(O)cc5)CSSCC5C(O)C(O)CC(C6CCCC6)(C2CCC41CCN=C(N)N)C5C3=O. The van der Waals surface area contributed by atoms with Crippen molar-refractivity contribution in [2.75, 3.05) is 37.9 Å². The topological polar surface area (TPSA) is 314 Å². The summed E-state index contributed by atoms with van der Waals surface area (Å²) in [6.07, 6.45) is 10.7. The first-order valence-electron chi connectivity index (χ1n) is 32.6. The van der Waals surface area contributed by atoms with Crippen molar-refractivity contribution in [3.63, 3.8) is 0 Å². The third kappa shape index (κ3) is 10.9. The van der Waals surface area contributed by atoms with Crippen LogP contribution in [0.1, 0.15) is 146 Å². The lowest BCUT2D eigenvalue weighted by Crippen LogP contribution is -2.69. The van der Waals surface area contributed by atoms with E-state index in [0.717, 1.165) is 56.1 Å². The molecule has 7 fully saturated rings. The van der Waals surface area contributed by atoms with Crippen LogP contribution >= 0.6 is 21.6 Å². The molecule has 0 radical (unpaired) electrons. The second kappa shape index (κ2) is 25.0. The molecule has 0 amide bonds. The maximum Gasteiger partial charge on any atom is 0.313 e. The highest BCUT2D eigenvalue weighted by atomic mass is 33.1. The van der Waals surface area contributed by atoms with Crippen molar-refractivity contribution >= 4 is 45.1 Å². The number of nitrogens with zero attached hydrogens (tertiary/aromatic N) is 1. The van der Waals surface area contributed by atoms with Crippen molar-refractivity contribution in [2.24, 2.45) is 104 Å². The number of ether oxygens (including phenoxy) is 1.